The molecule has 0 aliphatic rings. The van der Waals surface area contributed by atoms with E-state index in [4.69, 9.17) is 16.0 Å². The van der Waals surface area contributed by atoms with E-state index in [1.807, 2.05) is 43.3 Å². The highest BCUT2D eigenvalue weighted by molar-refractivity contribution is 6.30. The number of amides is 1. The maximum absolute atomic E-state index is 11.9. The van der Waals surface area contributed by atoms with Gasteiger partial charge in [0.15, 0.2) is 0 Å². The van der Waals surface area contributed by atoms with E-state index in [9.17, 15) is 4.79 Å². The monoisotopic (exact) mass is 355 g/mol. The van der Waals surface area contributed by atoms with Crippen molar-refractivity contribution in [2.75, 3.05) is 6.54 Å². The normalized spacial score (nSPS) is 10.6. The first-order chi connectivity index (χ1) is 12.1. The SMILES string of the molecule is Cc1ccccc1-c1nnc(CCNC(=O)Cc2ccc(Cl)cc2)o1. The molecule has 5 nitrogen and oxygen atoms in total. The van der Waals surface area contributed by atoms with Gasteiger partial charge >= 0.3 is 0 Å². The number of halogens is 1. The Morgan fingerprint density at radius 2 is 1.88 bits per heavy atom. The number of rotatable bonds is 6. The lowest BCUT2D eigenvalue weighted by atomic mass is 10.1. The van der Waals surface area contributed by atoms with Crippen LogP contribution in [0.1, 0.15) is 17.0 Å². The summed E-state index contributed by atoms with van der Waals surface area (Å²) in [4.78, 5) is 11.9. The van der Waals surface area contributed by atoms with Crippen LogP contribution in [0.4, 0.5) is 0 Å². The Morgan fingerprint density at radius 3 is 2.64 bits per heavy atom. The van der Waals surface area contributed by atoms with Crippen LogP contribution in [0.5, 0.6) is 0 Å². The topological polar surface area (TPSA) is 68.0 Å². The van der Waals surface area contributed by atoms with Crippen molar-refractivity contribution >= 4 is 17.5 Å². The van der Waals surface area contributed by atoms with Gasteiger partial charge in [0, 0.05) is 23.6 Å². The summed E-state index contributed by atoms with van der Waals surface area (Å²) in [6.45, 7) is 2.44. The second kappa shape index (κ2) is 7.94. The molecule has 1 N–H and O–H groups in total. The zero-order valence-electron chi connectivity index (χ0n) is 13.8. The van der Waals surface area contributed by atoms with Gasteiger partial charge in [0.1, 0.15) is 0 Å². The van der Waals surface area contributed by atoms with E-state index in [1.54, 1.807) is 12.1 Å². The van der Waals surface area contributed by atoms with Crippen LogP contribution in [0.15, 0.2) is 52.9 Å². The van der Waals surface area contributed by atoms with Crippen LogP contribution < -0.4 is 5.32 Å². The minimum absolute atomic E-state index is 0.0547. The number of hydrogen-bond acceptors (Lipinski definition) is 4. The molecule has 0 unspecified atom stereocenters. The van der Waals surface area contributed by atoms with Gasteiger partial charge in [0.25, 0.3) is 0 Å². The molecular formula is C19H18ClN3O2. The zero-order chi connectivity index (χ0) is 17.6. The number of hydrogen-bond donors (Lipinski definition) is 1. The van der Waals surface area contributed by atoms with Crippen LogP contribution in [-0.4, -0.2) is 22.6 Å². The van der Waals surface area contributed by atoms with Gasteiger partial charge in [-0.2, -0.15) is 0 Å². The Hall–Kier alpha value is -2.66. The van der Waals surface area contributed by atoms with Crippen LogP contribution in [0.3, 0.4) is 0 Å². The molecule has 0 atom stereocenters. The average Bonchev–Trinajstić information content (AvgIpc) is 3.06. The molecule has 0 spiro atoms. The van der Waals surface area contributed by atoms with Crippen molar-refractivity contribution in [1.82, 2.24) is 15.5 Å². The molecule has 1 amide bonds. The Kier molecular flexibility index (Phi) is 5.46. The summed E-state index contributed by atoms with van der Waals surface area (Å²) < 4.78 is 5.68. The number of aryl methyl sites for hydroxylation is 1. The van der Waals surface area contributed by atoms with E-state index in [0.29, 0.717) is 36.2 Å². The standard InChI is InChI=1S/C19H18ClN3O2/c1-13-4-2-3-5-16(13)19-23-22-18(25-19)10-11-21-17(24)12-14-6-8-15(20)9-7-14/h2-9H,10-12H2,1H3,(H,21,24). The van der Waals surface area contributed by atoms with Gasteiger partial charge in [-0.25, -0.2) is 0 Å². The molecule has 128 valence electrons. The number of benzene rings is 2. The lowest BCUT2D eigenvalue weighted by Gasteiger charge is -2.04. The minimum atomic E-state index is -0.0547. The van der Waals surface area contributed by atoms with Gasteiger partial charge in [-0.1, -0.05) is 41.9 Å². The van der Waals surface area contributed by atoms with Crippen molar-refractivity contribution in [2.24, 2.45) is 0 Å². The molecular weight excluding hydrogens is 338 g/mol. The summed E-state index contributed by atoms with van der Waals surface area (Å²) in [6.07, 6.45) is 0.806. The molecule has 3 aromatic rings. The van der Waals surface area contributed by atoms with Crippen molar-refractivity contribution in [3.63, 3.8) is 0 Å². The summed E-state index contributed by atoms with van der Waals surface area (Å²) in [5.74, 6) is 0.951. The third kappa shape index (κ3) is 4.67. The van der Waals surface area contributed by atoms with Crippen molar-refractivity contribution in [2.45, 2.75) is 19.8 Å². The van der Waals surface area contributed by atoms with Crippen LogP contribution in [0.25, 0.3) is 11.5 Å². The molecule has 25 heavy (non-hydrogen) atoms. The molecule has 0 aliphatic carbocycles. The number of carbonyl (C=O) groups is 1. The Bertz CT molecular complexity index is 859. The quantitative estimate of drug-likeness (QED) is 0.733. The molecule has 2 aromatic carbocycles. The smallest absolute Gasteiger partial charge is 0.247 e. The zero-order valence-corrected chi connectivity index (χ0v) is 14.6. The molecule has 3 rings (SSSR count). The number of carbonyl (C=O) groups excluding carboxylic acids is 1. The Balaban J connectivity index is 1.50. The van der Waals surface area contributed by atoms with E-state index < -0.39 is 0 Å². The van der Waals surface area contributed by atoms with Gasteiger partial charge in [0.2, 0.25) is 17.7 Å². The first kappa shape index (κ1) is 17.2. The van der Waals surface area contributed by atoms with Crippen molar-refractivity contribution in [1.29, 1.82) is 0 Å². The van der Waals surface area contributed by atoms with E-state index in [0.717, 1.165) is 16.7 Å². The first-order valence-corrected chi connectivity index (χ1v) is 8.39. The predicted octanol–water partition coefficient (Wildman–Crippen LogP) is 3.60. The molecule has 0 saturated carbocycles. The largest absolute Gasteiger partial charge is 0.421 e. The molecule has 0 fully saturated rings. The lowest BCUT2D eigenvalue weighted by molar-refractivity contribution is -0.120. The van der Waals surface area contributed by atoms with Crippen LogP contribution in [0, 0.1) is 6.92 Å². The van der Waals surface area contributed by atoms with Crippen LogP contribution in [-0.2, 0) is 17.6 Å². The van der Waals surface area contributed by atoms with Gasteiger partial charge in [-0.05, 0) is 36.2 Å². The van der Waals surface area contributed by atoms with E-state index >= 15 is 0 Å². The molecule has 0 saturated heterocycles. The van der Waals surface area contributed by atoms with Gasteiger partial charge in [-0.15, -0.1) is 10.2 Å². The van der Waals surface area contributed by atoms with Crippen LogP contribution >= 0.6 is 11.6 Å². The van der Waals surface area contributed by atoms with Gasteiger partial charge in [0.05, 0.1) is 6.42 Å². The Labute approximate surface area is 151 Å². The third-order valence-corrected chi connectivity index (χ3v) is 4.03. The fourth-order valence-electron chi connectivity index (χ4n) is 2.44. The van der Waals surface area contributed by atoms with Gasteiger partial charge < -0.3 is 9.73 Å². The summed E-state index contributed by atoms with van der Waals surface area (Å²) >= 11 is 5.83. The number of nitrogens with one attached hydrogen (secondary N) is 1. The lowest BCUT2D eigenvalue weighted by Crippen LogP contribution is -2.27. The summed E-state index contributed by atoms with van der Waals surface area (Å²) in [5.41, 5.74) is 2.92. The van der Waals surface area contributed by atoms with Gasteiger partial charge in [-0.3, -0.25) is 4.79 Å². The van der Waals surface area contributed by atoms with Crippen molar-refractivity contribution in [3.05, 3.63) is 70.6 Å². The summed E-state index contributed by atoms with van der Waals surface area (Å²) in [7, 11) is 0. The fourth-order valence-corrected chi connectivity index (χ4v) is 2.56. The highest BCUT2D eigenvalue weighted by atomic mass is 35.5. The first-order valence-electron chi connectivity index (χ1n) is 8.01. The molecule has 6 heteroatoms. The molecule has 1 aromatic heterocycles. The highest BCUT2D eigenvalue weighted by Crippen LogP contribution is 2.21. The maximum atomic E-state index is 11.9. The molecule has 0 bridgehead atoms. The van der Waals surface area contributed by atoms with E-state index in [2.05, 4.69) is 15.5 Å². The highest BCUT2D eigenvalue weighted by Gasteiger charge is 2.11. The van der Waals surface area contributed by atoms with Crippen molar-refractivity contribution in [3.8, 4) is 11.5 Å². The van der Waals surface area contributed by atoms with Crippen molar-refractivity contribution < 1.29 is 9.21 Å². The van der Waals surface area contributed by atoms with Crippen LogP contribution in [0.2, 0.25) is 5.02 Å². The van der Waals surface area contributed by atoms with E-state index in [1.165, 1.54) is 0 Å². The molecule has 1 heterocycles. The van der Waals surface area contributed by atoms with E-state index in [-0.39, 0.29) is 5.91 Å². The predicted molar refractivity (Wildman–Crippen MR) is 96.3 cm³/mol. The average molecular weight is 356 g/mol. The summed E-state index contributed by atoms with van der Waals surface area (Å²) in [5, 5.41) is 11.6. The second-order valence-corrected chi connectivity index (χ2v) is 6.16. The minimum Gasteiger partial charge on any atom is -0.421 e. The molecule has 0 radical (unpaired) electrons. The summed E-state index contributed by atoms with van der Waals surface area (Å²) in [6, 6.07) is 15.1. The third-order valence-electron chi connectivity index (χ3n) is 3.78. The Morgan fingerprint density at radius 1 is 1.12 bits per heavy atom. The maximum Gasteiger partial charge on any atom is 0.247 e. The molecule has 0 aliphatic heterocycles. The number of aromatic nitrogens is 2. The number of nitrogens with zero attached hydrogens (tertiary/aromatic N) is 2. The second-order valence-electron chi connectivity index (χ2n) is 5.72. The fraction of sp³-hybridized carbons (Fsp3) is 0.211.